The Balaban J connectivity index is 0.00000364. The van der Waals surface area contributed by atoms with Gasteiger partial charge in [0.2, 0.25) is 0 Å². The van der Waals surface area contributed by atoms with Gasteiger partial charge in [-0.3, -0.25) is 4.99 Å². The Kier molecular flexibility index (Phi) is 10.1. The minimum absolute atomic E-state index is 0. The summed E-state index contributed by atoms with van der Waals surface area (Å²) in [5, 5.41) is 7.57. The first-order chi connectivity index (χ1) is 12.5. The van der Waals surface area contributed by atoms with Crippen LogP contribution in [0.15, 0.2) is 29.3 Å². The van der Waals surface area contributed by atoms with Gasteiger partial charge >= 0.3 is 0 Å². The molecule has 0 bridgehead atoms. The van der Waals surface area contributed by atoms with E-state index in [0.717, 1.165) is 22.8 Å². The van der Waals surface area contributed by atoms with E-state index >= 15 is 0 Å². The molecule has 1 aromatic carbocycles. The molecule has 150 valence electrons. The van der Waals surface area contributed by atoms with Crippen LogP contribution in [0, 0.1) is 0 Å². The maximum atomic E-state index is 6.09. The molecule has 0 atom stereocenters. The minimum atomic E-state index is 0. The molecule has 6 nitrogen and oxygen atoms in total. The molecule has 1 heterocycles. The van der Waals surface area contributed by atoms with Gasteiger partial charge in [-0.2, -0.15) is 0 Å². The summed E-state index contributed by atoms with van der Waals surface area (Å²) in [6.45, 7) is 3.67. The molecular formula is C18H25Cl2IN4O2. The van der Waals surface area contributed by atoms with Gasteiger partial charge in [0.1, 0.15) is 5.15 Å². The molecule has 0 aliphatic rings. The fourth-order valence-electron chi connectivity index (χ4n) is 2.44. The Bertz CT molecular complexity index is 781. The largest absolute Gasteiger partial charge is 0.493 e. The number of rotatable bonds is 7. The Hall–Kier alpha value is -1.32. The lowest BCUT2D eigenvalue weighted by atomic mass is 10.2. The van der Waals surface area contributed by atoms with Crippen LogP contribution in [0.5, 0.6) is 11.5 Å². The number of halogens is 3. The molecule has 0 aliphatic heterocycles. The minimum Gasteiger partial charge on any atom is -0.493 e. The average molecular weight is 527 g/mol. The highest BCUT2D eigenvalue weighted by molar-refractivity contribution is 14.0. The number of aromatic nitrogens is 1. The van der Waals surface area contributed by atoms with Crippen molar-refractivity contribution in [3.63, 3.8) is 0 Å². The number of benzene rings is 1. The van der Waals surface area contributed by atoms with Gasteiger partial charge in [0.25, 0.3) is 0 Å². The summed E-state index contributed by atoms with van der Waals surface area (Å²) in [6, 6.07) is 7.67. The lowest BCUT2D eigenvalue weighted by molar-refractivity contribution is 0.310. The summed E-state index contributed by atoms with van der Waals surface area (Å²) in [5.74, 6) is 2.12. The van der Waals surface area contributed by atoms with Crippen LogP contribution in [0.1, 0.15) is 18.2 Å². The zero-order valence-corrected chi connectivity index (χ0v) is 19.6. The normalized spacial score (nSPS) is 11.0. The molecule has 2 aromatic rings. The van der Waals surface area contributed by atoms with Crippen molar-refractivity contribution >= 4 is 53.1 Å². The highest BCUT2D eigenvalue weighted by Gasteiger charge is 2.10. The quantitative estimate of drug-likeness (QED) is 0.322. The van der Waals surface area contributed by atoms with Crippen molar-refractivity contribution in [3.05, 3.63) is 45.7 Å². The first kappa shape index (κ1) is 23.7. The summed E-state index contributed by atoms with van der Waals surface area (Å²) in [6.07, 6.45) is 0. The predicted octanol–water partition coefficient (Wildman–Crippen LogP) is 4.22. The lowest BCUT2D eigenvalue weighted by Crippen LogP contribution is -2.36. The van der Waals surface area contributed by atoms with Gasteiger partial charge in [-0.05, 0) is 30.7 Å². The second kappa shape index (κ2) is 11.5. The first-order valence-electron chi connectivity index (χ1n) is 8.24. The second-order valence-electron chi connectivity index (χ2n) is 5.53. The van der Waals surface area contributed by atoms with Crippen molar-refractivity contribution in [2.24, 2.45) is 12.0 Å². The number of nitrogens with zero attached hydrogens (tertiary/aromatic N) is 2. The summed E-state index contributed by atoms with van der Waals surface area (Å²) in [5.41, 5.74) is 2.02. The molecule has 0 radical (unpaired) electrons. The van der Waals surface area contributed by atoms with Crippen molar-refractivity contribution in [1.82, 2.24) is 15.2 Å². The van der Waals surface area contributed by atoms with Crippen LogP contribution < -0.4 is 20.1 Å². The van der Waals surface area contributed by atoms with E-state index in [2.05, 4.69) is 15.6 Å². The summed E-state index contributed by atoms with van der Waals surface area (Å²) < 4.78 is 12.7. The van der Waals surface area contributed by atoms with E-state index in [1.54, 1.807) is 14.2 Å². The van der Waals surface area contributed by atoms with Crippen molar-refractivity contribution in [2.45, 2.75) is 20.0 Å². The smallest absolute Gasteiger partial charge is 0.191 e. The van der Waals surface area contributed by atoms with Crippen molar-refractivity contribution < 1.29 is 9.47 Å². The van der Waals surface area contributed by atoms with Gasteiger partial charge in [0, 0.05) is 26.3 Å². The maximum Gasteiger partial charge on any atom is 0.191 e. The van der Waals surface area contributed by atoms with Crippen LogP contribution in [0.3, 0.4) is 0 Å². The van der Waals surface area contributed by atoms with Gasteiger partial charge < -0.3 is 24.7 Å². The molecule has 0 aliphatic carbocycles. The number of guanidine groups is 1. The summed E-state index contributed by atoms with van der Waals surface area (Å²) in [7, 11) is 5.22. The molecule has 1 aromatic heterocycles. The molecule has 27 heavy (non-hydrogen) atoms. The van der Waals surface area contributed by atoms with Crippen molar-refractivity contribution in [3.8, 4) is 11.5 Å². The number of methoxy groups -OCH3 is 1. The highest BCUT2D eigenvalue weighted by Crippen LogP contribution is 2.28. The van der Waals surface area contributed by atoms with Gasteiger partial charge in [0.15, 0.2) is 17.5 Å². The molecule has 2 N–H and O–H groups in total. The Morgan fingerprint density at radius 1 is 1.15 bits per heavy atom. The van der Waals surface area contributed by atoms with E-state index < -0.39 is 0 Å². The van der Waals surface area contributed by atoms with E-state index in [-0.39, 0.29) is 24.0 Å². The molecule has 0 spiro atoms. The Morgan fingerprint density at radius 3 is 2.41 bits per heavy atom. The van der Waals surface area contributed by atoms with Gasteiger partial charge in [-0.1, -0.05) is 29.3 Å². The number of nitrogens with one attached hydrogen (secondary N) is 2. The lowest BCUT2D eigenvalue weighted by Gasteiger charge is -2.14. The SMILES string of the molecule is CCOc1cc(CNC(=NC)NCc2cc(Cl)c(Cl)n2C)ccc1OC.I. The molecule has 0 unspecified atom stereocenters. The fourth-order valence-corrected chi connectivity index (χ4v) is 2.85. The third kappa shape index (κ3) is 6.36. The Labute approximate surface area is 187 Å². The van der Waals surface area contributed by atoms with Crippen LogP contribution in [0.2, 0.25) is 10.2 Å². The van der Waals surface area contributed by atoms with Crippen LogP contribution in [-0.4, -0.2) is 31.3 Å². The van der Waals surface area contributed by atoms with Crippen LogP contribution in [-0.2, 0) is 20.1 Å². The summed E-state index contributed by atoms with van der Waals surface area (Å²) >= 11 is 12.1. The van der Waals surface area contributed by atoms with Gasteiger partial charge in [-0.15, -0.1) is 24.0 Å². The Morgan fingerprint density at radius 2 is 1.85 bits per heavy atom. The predicted molar refractivity (Wildman–Crippen MR) is 122 cm³/mol. The summed E-state index contributed by atoms with van der Waals surface area (Å²) in [4.78, 5) is 4.23. The van der Waals surface area contributed by atoms with E-state index in [9.17, 15) is 0 Å². The molecule has 0 saturated heterocycles. The third-order valence-corrected chi connectivity index (χ3v) is 4.71. The van der Waals surface area contributed by atoms with Gasteiger partial charge in [-0.25, -0.2) is 0 Å². The van der Waals surface area contributed by atoms with Crippen LogP contribution in [0.25, 0.3) is 0 Å². The fraction of sp³-hybridized carbons (Fsp3) is 0.389. The second-order valence-corrected chi connectivity index (χ2v) is 6.30. The van der Waals surface area contributed by atoms with E-state index in [1.807, 2.05) is 42.8 Å². The topological polar surface area (TPSA) is 59.8 Å². The monoisotopic (exact) mass is 526 g/mol. The van der Waals surface area contributed by atoms with E-state index in [1.165, 1.54) is 0 Å². The van der Waals surface area contributed by atoms with Crippen molar-refractivity contribution in [2.75, 3.05) is 20.8 Å². The maximum absolute atomic E-state index is 6.09. The van der Waals surface area contributed by atoms with E-state index in [0.29, 0.717) is 35.8 Å². The zero-order valence-electron chi connectivity index (χ0n) is 15.8. The molecule has 9 heteroatoms. The standard InChI is InChI=1S/C18H24Cl2N4O2.HI/c1-5-26-16-8-12(6-7-15(16)25-4)10-22-18(21-2)23-11-13-9-14(19)17(20)24(13)3;/h6-9H,5,10-11H2,1-4H3,(H2,21,22,23);1H. The third-order valence-electron chi connectivity index (χ3n) is 3.86. The molecule has 0 amide bonds. The molecule has 0 saturated carbocycles. The van der Waals surface area contributed by atoms with E-state index in [4.69, 9.17) is 32.7 Å². The molecule has 0 fully saturated rings. The highest BCUT2D eigenvalue weighted by atomic mass is 127. The molecular weight excluding hydrogens is 502 g/mol. The van der Waals surface area contributed by atoms with Crippen LogP contribution >= 0.6 is 47.2 Å². The van der Waals surface area contributed by atoms with Crippen LogP contribution in [0.4, 0.5) is 0 Å². The zero-order chi connectivity index (χ0) is 19.1. The number of ether oxygens (including phenoxy) is 2. The molecule has 2 rings (SSSR count). The number of hydrogen-bond donors (Lipinski definition) is 2. The van der Waals surface area contributed by atoms with Crippen molar-refractivity contribution in [1.29, 1.82) is 0 Å². The van der Waals surface area contributed by atoms with Gasteiger partial charge in [0.05, 0.1) is 25.3 Å². The average Bonchev–Trinajstić information content (AvgIpc) is 2.89. The first-order valence-corrected chi connectivity index (χ1v) is 8.99. The number of hydrogen-bond acceptors (Lipinski definition) is 3. The number of aliphatic imine (C=N–C) groups is 1.